The van der Waals surface area contributed by atoms with Crippen molar-refractivity contribution in [2.45, 2.75) is 37.8 Å². The molecule has 1 aromatic heterocycles. The van der Waals surface area contributed by atoms with Crippen molar-refractivity contribution in [2.24, 2.45) is 5.92 Å². The lowest BCUT2D eigenvalue weighted by molar-refractivity contribution is -0.123. The number of nitrogens with one attached hydrogen (secondary N) is 1. The molecule has 4 rings (SSSR count). The van der Waals surface area contributed by atoms with Crippen LogP contribution in [0, 0.1) is 5.92 Å². The summed E-state index contributed by atoms with van der Waals surface area (Å²) in [5, 5.41) is 3.28. The second kappa shape index (κ2) is 7.36. The van der Waals surface area contributed by atoms with Gasteiger partial charge in [-0.05, 0) is 42.4 Å². The first-order valence-corrected chi connectivity index (χ1v) is 9.26. The molecular formula is C21H25N3O. The smallest absolute Gasteiger partial charge is 0.223 e. The summed E-state index contributed by atoms with van der Waals surface area (Å²) in [6, 6.07) is 15.0. The zero-order valence-corrected chi connectivity index (χ0v) is 14.5. The number of likely N-dealkylation sites (tertiary alicyclic amines) is 1. The van der Waals surface area contributed by atoms with Crippen molar-refractivity contribution < 1.29 is 4.79 Å². The largest absolute Gasteiger partial charge is 0.353 e. The quantitative estimate of drug-likeness (QED) is 0.914. The molecule has 4 nitrogen and oxygen atoms in total. The Bertz CT molecular complexity index is 696. The van der Waals surface area contributed by atoms with E-state index in [0.717, 1.165) is 38.9 Å². The highest BCUT2D eigenvalue weighted by Gasteiger charge is 2.44. The number of nitrogens with zero attached hydrogens (tertiary/aromatic N) is 2. The van der Waals surface area contributed by atoms with E-state index in [4.69, 9.17) is 0 Å². The van der Waals surface area contributed by atoms with E-state index in [1.54, 1.807) is 6.20 Å². The van der Waals surface area contributed by atoms with Crippen molar-refractivity contribution in [3.8, 4) is 0 Å². The Morgan fingerprint density at radius 1 is 1.12 bits per heavy atom. The van der Waals surface area contributed by atoms with Crippen LogP contribution < -0.4 is 5.32 Å². The van der Waals surface area contributed by atoms with E-state index in [2.05, 4.69) is 51.6 Å². The Labute approximate surface area is 149 Å². The molecule has 1 aliphatic carbocycles. The summed E-state index contributed by atoms with van der Waals surface area (Å²) >= 11 is 0. The van der Waals surface area contributed by atoms with Gasteiger partial charge in [0, 0.05) is 44.0 Å². The zero-order valence-electron chi connectivity index (χ0n) is 14.5. The molecule has 0 bridgehead atoms. The number of carbonyl (C=O) groups is 1. The summed E-state index contributed by atoms with van der Waals surface area (Å²) in [6.45, 7) is 3.11. The average Bonchev–Trinajstić information content (AvgIpc) is 3.46. The number of piperidine rings is 1. The summed E-state index contributed by atoms with van der Waals surface area (Å²) in [5.74, 6) is 0.744. The molecule has 0 radical (unpaired) electrons. The standard InChI is InChI=1S/C21H25N3O/c25-21(20-13-19(20)17-7-4-10-22-14-17)23-18-8-11-24(12-9-18)15-16-5-2-1-3-6-16/h1-7,10,14,18-20H,8-9,11-13,15H2,(H,23,25)/t19-,20+/m1/s1. The first kappa shape index (κ1) is 16.3. The normalized spacial score (nSPS) is 24.0. The van der Waals surface area contributed by atoms with Crippen molar-refractivity contribution in [1.29, 1.82) is 0 Å². The molecule has 130 valence electrons. The molecule has 25 heavy (non-hydrogen) atoms. The Hall–Kier alpha value is -2.20. The molecule has 1 N–H and O–H groups in total. The summed E-state index contributed by atoms with van der Waals surface area (Å²) < 4.78 is 0. The number of pyridine rings is 1. The minimum absolute atomic E-state index is 0.145. The molecule has 2 fully saturated rings. The van der Waals surface area contributed by atoms with E-state index < -0.39 is 0 Å². The van der Waals surface area contributed by atoms with Gasteiger partial charge >= 0.3 is 0 Å². The van der Waals surface area contributed by atoms with E-state index in [-0.39, 0.29) is 11.8 Å². The summed E-state index contributed by atoms with van der Waals surface area (Å²) in [7, 11) is 0. The van der Waals surface area contributed by atoms with E-state index in [0.29, 0.717) is 12.0 Å². The van der Waals surface area contributed by atoms with Crippen LogP contribution in [0.25, 0.3) is 0 Å². The molecule has 1 saturated heterocycles. The first-order chi connectivity index (χ1) is 12.3. The SMILES string of the molecule is O=C(NC1CCN(Cc2ccccc2)CC1)[C@H]1C[C@@H]1c1cccnc1. The molecule has 0 unspecified atom stereocenters. The van der Waals surface area contributed by atoms with Crippen LogP contribution in [0.15, 0.2) is 54.9 Å². The minimum atomic E-state index is 0.145. The Morgan fingerprint density at radius 2 is 1.92 bits per heavy atom. The Kier molecular flexibility index (Phi) is 4.79. The van der Waals surface area contributed by atoms with Gasteiger partial charge in [0.25, 0.3) is 0 Å². The fourth-order valence-corrected chi connectivity index (χ4v) is 3.83. The molecule has 4 heteroatoms. The monoisotopic (exact) mass is 335 g/mol. The fourth-order valence-electron chi connectivity index (χ4n) is 3.83. The third kappa shape index (κ3) is 4.07. The van der Waals surface area contributed by atoms with Gasteiger partial charge in [-0.3, -0.25) is 14.7 Å². The zero-order chi connectivity index (χ0) is 17.1. The summed E-state index contributed by atoms with van der Waals surface area (Å²) in [6.07, 6.45) is 6.72. The number of aromatic nitrogens is 1. The highest BCUT2D eigenvalue weighted by atomic mass is 16.2. The van der Waals surface area contributed by atoms with Crippen LogP contribution in [0.3, 0.4) is 0 Å². The number of benzene rings is 1. The van der Waals surface area contributed by atoms with E-state index in [1.807, 2.05) is 12.3 Å². The summed E-state index contributed by atoms with van der Waals surface area (Å²) in [5.41, 5.74) is 2.56. The molecule has 1 aromatic carbocycles. The van der Waals surface area contributed by atoms with Gasteiger partial charge in [0.2, 0.25) is 5.91 Å². The van der Waals surface area contributed by atoms with Crippen LogP contribution in [0.5, 0.6) is 0 Å². The average molecular weight is 335 g/mol. The van der Waals surface area contributed by atoms with E-state index >= 15 is 0 Å². The molecule has 2 atom stereocenters. The third-order valence-electron chi connectivity index (χ3n) is 5.42. The van der Waals surface area contributed by atoms with Crippen molar-refractivity contribution >= 4 is 5.91 Å². The molecule has 1 aliphatic heterocycles. The van der Waals surface area contributed by atoms with Gasteiger partial charge in [0.15, 0.2) is 0 Å². The van der Waals surface area contributed by atoms with Gasteiger partial charge in [0.1, 0.15) is 0 Å². The van der Waals surface area contributed by atoms with Crippen molar-refractivity contribution in [2.75, 3.05) is 13.1 Å². The number of carbonyl (C=O) groups excluding carboxylic acids is 1. The van der Waals surface area contributed by atoms with Crippen LogP contribution in [-0.2, 0) is 11.3 Å². The number of hydrogen-bond acceptors (Lipinski definition) is 3. The van der Waals surface area contributed by atoms with Crippen LogP contribution in [-0.4, -0.2) is 34.9 Å². The Balaban J connectivity index is 1.22. The van der Waals surface area contributed by atoms with Gasteiger partial charge in [-0.1, -0.05) is 36.4 Å². The highest BCUT2D eigenvalue weighted by Crippen LogP contribution is 2.47. The molecule has 2 aromatic rings. The molecule has 2 heterocycles. The van der Waals surface area contributed by atoms with Crippen LogP contribution in [0.1, 0.15) is 36.3 Å². The van der Waals surface area contributed by atoms with E-state index in [9.17, 15) is 4.79 Å². The predicted octanol–water partition coefficient (Wildman–Crippen LogP) is 2.97. The predicted molar refractivity (Wildman–Crippen MR) is 98.0 cm³/mol. The van der Waals surface area contributed by atoms with Gasteiger partial charge in [-0.15, -0.1) is 0 Å². The first-order valence-electron chi connectivity index (χ1n) is 9.26. The third-order valence-corrected chi connectivity index (χ3v) is 5.42. The van der Waals surface area contributed by atoms with Crippen LogP contribution in [0.4, 0.5) is 0 Å². The van der Waals surface area contributed by atoms with Crippen molar-refractivity contribution in [1.82, 2.24) is 15.2 Å². The van der Waals surface area contributed by atoms with Gasteiger partial charge in [0.05, 0.1) is 0 Å². The summed E-state index contributed by atoms with van der Waals surface area (Å²) in [4.78, 5) is 19.1. The number of rotatable bonds is 5. The van der Waals surface area contributed by atoms with Crippen molar-refractivity contribution in [3.05, 3.63) is 66.0 Å². The molecular weight excluding hydrogens is 310 g/mol. The molecule has 0 spiro atoms. The number of hydrogen-bond donors (Lipinski definition) is 1. The van der Waals surface area contributed by atoms with Gasteiger partial charge < -0.3 is 5.32 Å². The lowest BCUT2D eigenvalue weighted by Gasteiger charge is -2.32. The Morgan fingerprint density at radius 3 is 2.64 bits per heavy atom. The highest BCUT2D eigenvalue weighted by molar-refractivity contribution is 5.83. The second-order valence-corrected chi connectivity index (χ2v) is 7.28. The van der Waals surface area contributed by atoms with E-state index in [1.165, 1.54) is 11.1 Å². The molecule has 1 amide bonds. The minimum Gasteiger partial charge on any atom is -0.353 e. The van der Waals surface area contributed by atoms with Gasteiger partial charge in [-0.2, -0.15) is 0 Å². The lowest BCUT2D eigenvalue weighted by Crippen LogP contribution is -2.44. The van der Waals surface area contributed by atoms with Crippen LogP contribution >= 0.6 is 0 Å². The topological polar surface area (TPSA) is 45.2 Å². The lowest BCUT2D eigenvalue weighted by atomic mass is 10.0. The molecule has 2 aliphatic rings. The fraction of sp³-hybridized carbons (Fsp3) is 0.429. The maximum absolute atomic E-state index is 12.5. The van der Waals surface area contributed by atoms with Gasteiger partial charge in [-0.25, -0.2) is 0 Å². The second-order valence-electron chi connectivity index (χ2n) is 7.28. The van der Waals surface area contributed by atoms with Crippen molar-refractivity contribution in [3.63, 3.8) is 0 Å². The van der Waals surface area contributed by atoms with Crippen LogP contribution in [0.2, 0.25) is 0 Å². The maximum Gasteiger partial charge on any atom is 0.223 e. The molecule has 1 saturated carbocycles. The maximum atomic E-state index is 12.5. The number of amides is 1.